The number of hydrogen-bond donors (Lipinski definition) is 1. The van der Waals surface area contributed by atoms with Crippen molar-refractivity contribution in [1.29, 1.82) is 0 Å². The van der Waals surface area contributed by atoms with Gasteiger partial charge in [0.15, 0.2) is 0 Å². The summed E-state index contributed by atoms with van der Waals surface area (Å²) in [7, 11) is 0. The number of aliphatic carboxylic acids is 1. The molecule has 1 aliphatic rings. The first-order valence-electron chi connectivity index (χ1n) is 6.31. The zero-order valence-electron chi connectivity index (χ0n) is 10.5. The van der Waals surface area contributed by atoms with Crippen molar-refractivity contribution < 1.29 is 14.3 Å². The number of fused-ring (bicyclic) bond motifs is 1. The summed E-state index contributed by atoms with van der Waals surface area (Å²) >= 11 is 0. The molecule has 0 bridgehead atoms. The van der Waals surface area contributed by atoms with Crippen LogP contribution in [0.1, 0.15) is 22.7 Å². The van der Waals surface area contributed by atoms with E-state index in [-0.39, 0.29) is 0 Å². The fourth-order valence-electron chi connectivity index (χ4n) is 2.70. The Hall–Kier alpha value is -2.07. The lowest BCUT2D eigenvalue weighted by Gasteiger charge is -2.34. The summed E-state index contributed by atoms with van der Waals surface area (Å²) in [4.78, 5) is 13.6. The van der Waals surface area contributed by atoms with Crippen molar-refractivity contribution in [2.75, 3.05) is 6.54 Å². The molecule has 1 aliphatic heterocycles. The van der Waals surface area contributed by atoms with Crippen LogP contribution in [0, 0.1) is 0 Å². The predicted molar refractivity (Wildman–Crippen MR) is 69.6 cm³/mol. The van der Waals surface area contributed by atoms with E-state index in [4.69, 9.17) is 4.42 Å². The number of furan rings is 1. The first-order chi connectivity index (χ1) is 9.25. The number of carbonyl (C=O) groups is 1. The van der Waals surface area contributed by atoms with Gasteiger partial charge in [0.25, 0.3) is 0 Å². The van der Waals surface area contributed by atoms with Crippen LogP contribution in [0.15, 0.2) is 47.3 Å². The summed E-state index contributed by atoms with van der Waals surface area (Å²) in [6.45, 7) is 1.35. The van der Waals surface area contributed by atoms with Gasteiger partial charge in [-0.15, -0.1) is 0 Å². The van der Waals surface area contributed by atoms with Crippen LogP contribution in [0.25, 0.3) is 0 Å². The molecule has 1 unspecified atom stereocenters. The predicted octanol–water partition coefficient (Wildman–Crippen LogP) is 2.46. The number of hydrogen-bond acceptors (Lipinski definition) is 3. The molecule has 1 aromatic carbocycles. The van der Waals surface area contributed by atoms with Crippen LogP contribution in [0.2, 0.25) is 0 Å². The average Bonchev–Trinajstić information content (AvgIpc) is 2.91. The van der Waals surface area contributed by atoms with Gasteiger partial charge in [0, 0.05) is 18.7 Å². The molecule has 1 aromatic heterocycles. The van der Waals surface area contributed by atoms with Gasteiger partial charge in [-0.05, 0) is 23.6 Å². The van der Waals surface area contributed by atoms with Crippen LogP contribution >= 0.6 is 0 Å². The highest BCUT2D eigenvalue weighted by molar-refractivity contribution is 5.76. The molecule has 1 atom stereocenters. The van der Waals surface area contributed by atoms with Crippen LogP contribution in [0.3, 0.4) is 0 Å². The second kappa shape index (κ2) is 4.90. The van der Waals surface area contributed by atoms with Gasteiger partial charge in [-0.3, -0.25) is 9.69 Å². The lowest BCUT2D eigenvalue weighted by Crippen LogP contribution is -2.39. The summed E-state index contributed by atoms with van der Waals surface area (Å²) in [5, 5.41) is 9.52. The van der Waals surface area contributed by atoms with Crippen molar-refractivity contribution >= 4 is 5.97 Å². The Morgan fingerprint density at radius 3 is 2.95 bits per heavy atom. The highest BCUT2D eigenvalue weighted by Gasteiger charge is 2.32. The monoisotopic (exact) mass is 257 g/mol. The molecule has 0 spiro atoms. The molecule has 4 nitrogen and oxygen atoms in total. The first kappa shape index (κ1) is 12.0. The van der Waals surface area contributed by atoms with E-state index in [1.54, 1.807) is 12.5 Å². The van der Waals surface area contributed by atoms with Gasteiger partial charge in [-0.1, -0.05) is 24.3 Å². The lowest BCUT2D eigenvalue weighted by molar-refractivity contribution is -0.144. The van der Waals surface area contributed by atoms with Crippen molar-refractivity contribution in [3.63, 3.8) is 0 Å². The van der Waals surface area contributed by atoms with E-state index in [0.29, 0.717) is 6.54 Å². The van der Waals surface area contributed by atoms with Crippen molar-refractivity contribution in [1.82, 2.24) is 4.90 Å². The second-order valence-electron chi connectivity index (χ2n) is 4.79. The maximum absolute atomic E-state index is 11.6. The summed E-state index contributed by atoms with van der Waals surface area (Å²) in [5.41, 5.74) is 3.05. The Morgan fingerprint density at radius 2 is 2.21 bits per heavy atom. The number of carboxylic acids is 1. The highest BCUT2D eigenvalue weighted by Crippen LogP contribution is 2.31. The molecule has 0 aliphatic carbocycles. The maximum atomic E-state index is 11.6. The molecular formula is C15H15NO3. The molecule has 0 fully saturated rings. The van der Waals surface area contributed by atoms with Crippen LogP contribution in [-0.4, -0.2) is 22.5 Å². The fraction of sp³-hybridized carbons (Fsp3) is 0.267. The Balaban J connectivity index is 1.92. The van der Waals surface area contributed by atoms with Gasteiger partial charge >= 0.3 is 5.97 Å². The minimum atomic E-state index is -0.796. The quantitative estimate of drug-likeness (QED) is 0.917. The van der Waals surface area contributed by atoms with Gasteiger partial charge < -0.3 is 9.52 Å². The van der Waals surface area contributed by atoms with Gasteiger partial charge in [0.1, 0.15) is 6.04 Å². The smallest absolute Gasteiger partial charge is 0.325 e. The van der Waals surface area contributed by atoms with E-state index in [0.717, 1.165) is 29.7 Å². The minimum Gasteiger partial charge on any atom is -0.480 e. The van der Waals surface area contributed by atoms with E-state index in [2.05, 4.69) is 0 Å². The molecule has 1 N–H and O–H groups in total. The molecule has 0 saturated heterocycles. The molecular weight excluding hydrogens is 242 g/mol. The Bertz CT molecular complexity index is 577. The van der Waals surface area contributed by atoms with Crippen LogP contribution in [0.5, 0.6) is 0 Å². The lowest BCUT2D eigenvalue weighted by atomic mass is 9.92. The SMILES string of the molecule is O=C(O)C1c2ccccc2CCN1Cc1ccoc1. The van der Waals surface area contributed by atoms with Crippen molar-refractivity contribution in [2.45, 2.75) is 19.0 Å². The van der Waals surface area contributed by atoms with E-state index in [1.807, 2.05) is 35.2 Å². The summed E-state index contributed by atoms with van der Waals surface area (Å²) < 4.78 is 5.05. The van der Waals surface area contributed by atoms with Crippen LogP contribution in [-0.2, 0) is 17.8 Å². The third-order valence-corrected chi connectivity index (χ3v) is 3.58. The highest BCUT2D eigenvalue weighted by atomic mass is 16.4. The third kappa shape index (κ3) is 2.27. The number of rotatable bonds is 3. The van der Waals surface area contributed by atoms with Crippen LogP contribution in [0.4, 0.5) is 0 Å². The normalized spacial score (nSPS) is 19.1. The molecule has 3 rings (SSSR count). The Kier molecular flexibility index (Phi) is 3.09. The van der Waals surface area contributed by atoms with E-state index in [9.17, 15) is 9.90 Å². The van der Waals surface area contributed by atoms with Gasteiger partial charge in [0.2, 0.25) is 0 Å². The number of benzene rings is 1. The zero-order valence-corrected chi connectivity index (χ0v) is 10.5. The topological polar surface area (TPSA) is 53.7 Å². The molecule has 0 radical (unpaired) electrons. The summed E-state index contributed by atoms with van der Waals surface area (Å²) in [6, 6.07) is 9.09. The molecule has 0 amide bonds. The molecule has 2 aromatic rings. The standard InChI is InChI=1S/C15H15NO3/c17-15(18)14-13-4-2-1-3-12(13)5-7-16(14)9-11-6-8-19-10-11/h1-4,6,8,10,14H,5,7,9H2,(H,17,18). The van der Waals surface area contributed by atoms with Gasteiger partial charge in [0.05, 0.1) is 12.5 Å². The van der Waals surface area contributed by atoms with Gasteiger partial charge in [-0.2, -0.15) is 0 Å². The molecule has 2 heterocycles. The molecule has 4 heteroatoms. The van der Waals surface area contributed by atoms with E-state index < -0.39 is 12.0 Å². The molecule has 0 saturated carbocycles. The fourth-order valence-corrected chi connectivity index (χ4v) is 2.70. The summed E-state index contributed by atoms with van der Waals surface area (Å²) in [6.07, 6.45) is 4.17. The average molecular weight is 257 g/mol. The van der Waals surface area contributed by atoms with E-state index in [1.165, 1.54) is 0 Å². The van der Waals surface area contributed by atoms with Crippen molar-refractivity contribution in [2.24, 2.45) is 0 Å². The molecule has 98 valence electrons. The first-order valence-corrected chi connectivity index (χ1v) is 6.31. The minimum absolute atomic E-state index is 0.570. The van der Waals surface area contributed by atoms with Crippen molar-refractivity contribution in [3.8, 4) is 0 Å². The van der Waals surface area contributed by atoms with E-state index >= 15 is 0 Å². The Labute approximate surface area is 111 Å². The second-order valence-corrected chi connectivity index (χ2v) is 4.79. The zero-order chi connectivity index (χ0) is 13.2. The number of nitrogens with zero attached hydrogens (tertiary/aromatic N) is 1. The summed E-state index contributed by atoms with van der Waals surface area (Å²) in [5.74, 6) is -0.796. The maximum Gasteiger partial charge on any atom is 0.325 e. The third-order valence-electron chi connectivity index (χ3n) is 3.58. The Morgan fingerprint density at radius 1 is 1.37 bits per heavy atom. The number of carboxylic acid groups (broad SMARTS) is 1. The van der Waals surface area contributed by atoms with Gasteiger partial charge in [-0.25, -0.2) is 0 Å². The largest absolute Gasteiger partial charge is 0.480 e. The van der Waals surface area contributed by atoms with Crippen molar-refractivity contribution in [3.05, 3.63) is 59.5 Å². The molecule has 19 heavy (non-hydrogen) atoms. The van der Waals surface area contributed by atoms with Crippen LogP contribution < -0.4 is 0 Å².